The van der Waals surface area contributed by atoms with Crippen molar-refractivity contribution < 1.29 is 19.4 Å². The number of esters is 1. The first-order chi connectivity index (χ1) is 5.72. The van der Waals surface area contributed by atoms with E-state index in [4.69, 9.17) is 9.84 Å². The molecule has 0 radical (unpaired) electrons. The SMILES string of the molecule is C=CCOC(=C)C(=O)OCCO. The van der Waals surface area contributed by atoms with E-state index < -0.39 is 5.97 Å². The number of hydrogen-bond acceptors (Lipinski definition) is 4. The molecule has 4 heteroatoms. The van der Waals surface area contributed by atoms with Gasteiger partial charge in [0, 0.05) is 0 Å². The molecule has 4 nitrogen and oxygen atoms in total. The topological polar surface area (TPSA) is 55.8 Å². The molecule has 0 rings (SSSR count). The fraction of sp³-hybridized carbons (Fsp3) is 0.375. The second-order valence-corrected chi connectivity index (χ2v) is 1.88. The minimum absolute atomic E-state index is 0.0463. The summed E-state index contributed by atoms with van der Waals surface area (Å²) < 4.78 is 9.28. The number of carbonyl (C=O) groups excluding carboxylic acids is 1. The quantitative estimate of drug-likeness (QED) is 0.270. The van der Waals surface area contributed by atoms with Gasteiger partial charge in [-0.25, -0.2) is 4.79 Å². The molecule has 0 unspecified atom stereocenters. The Morgan fingerprint density at radius 3 is 2.67 bits per heavy atom. The maximum Gasteiger partial charge on any atom is 0.373 e. The van der Waals surface area contributed by atoms with Crippen LogP contribution in [0.1, 0.15) is 0 Å². The van der Waals surface area contributed by atoms with Gasteiger partial charge in [0.2, 0.25) is 0 Å². The summed E-state index contributed by atoms with van der Waals surface area (Å²) in [4.78, 5) is 10.8. The van der Waals surface area contributed by atoms with Gasteiger partial charge in [0.15, 0.2) is 5.76 Å². The molecule has 0 saturated carbocycles. The molecule has 0 aromatic carbocycles. The Morgan fingerprint density at radius 1 is 1.50 bits per heavy atom. The summed E-state index contributed by atoms with van der Waals surface area (Å²) in [5.41, 5.74) is 0. The summed E-state index contributed by atoms with van der Waals surface area (Å²) >= 11 is 0. The monoisotopic (exact) mass is 172 g/mol. The molecule has 0 aromatic heterocycles. The summed E-state index contributed by atoms with van der Waals surface area (Å²) in [6.07, 6.45) is 1.49. The Morgan fingerprint density at radius 2 is 2.17 bits per heavy atom. The van der Waals surface area contributed by atoms with Crippen LogP contribution < -0.4 is 0 Å². The Kier molecular flexibility index (Phi) is 5.73. The highest BCUT2D eigenvalue weighted by molar-refractivity contribution is 5.85. The van der Waals surface area contributed by atoms with E-state index in [0.29, 0.717) is 0 Å². The third kappa shape index (κ3) is 4.51. The normalized spacial score (nSPS) is 8.75. The molecule has 0 atom stereocenters. The van der Waals surface area contributed by atoms with Gasteiger partial charge in [-0.3, -0.25) is 0 Å². The average Bonchev–Trinajstić information content (AvgIpc) is 2.10. The number of rotatable bonds is 6. The summed E-state index contributed by atoms with van der Waals surface area (Å²) in [7, 11) is 0. The zero-order chi connectivity index (χ0) is 9.40. The van der Waals surface area contributed by atoms with E-state index in [9.17, 15) is 4.79 Å². The van der Waals surface area contributed by atoms with Gasteiger partial charge >= 0.3 is 5.97 Å². The van der Waals surface area contributed by atoms with Crippen LogP contribution in [-0.2, 0) is 14.3 Å². The van der Waals surface area contributed by atoms with E-state index in [0.717, 1.165) is 0 Å². The van der Waals surface area contributed by atoms with Crippen molar-refractivity contribution in [3.63, 3.8) is 0 Å². The van der Waals surface area contributed by atoms with Crippen LogP contribution in [0.15, 0.2) is 25.0 Å². The molecule has 12 heavy (non-hydrogen) atoms. The first-order valence-corrected chi connectivity index (χ1v) is 3.43. The molecule has 0 aliphatic heterocycles. The molecule has 0 aliphatic carbocycles. The zero-order valence-corrected chi connectivity index (χ0v) is 6.78. The molecule has 0 spiro atoms. The molecule has 1 N–H and O–H groups in total. The predicted molar refractivity (Wildman–Crippen MR) is 43.3 cm³/mol. The fourth-order valence-electron chi connectivity index (χ4n) is 0.437. The number of aliphatic hydroxyl groups is 1. The van der Waals surface area contributed by atoms with Gasteiger partial charge in [0.1, 0.15) is 13.2 Å². The van der Waals surface area contributed by atoms with Crippen molar-refractivity contribution in [3.05, 3.63) is 25.0 Å². The first kappa shape index (κ1) is 10.7. The minimum Gasteiger partial charge on any atom is -0.483 e. The molecule has 68 valence electrons. The number of ether oxygens (including phenoxy) is 2. The molecule has 0 amide bonds. The lowest BCUT2D eigenvalue weighted by Gasteiger charge is -2.05. The lowest BCUT2D eigenvalue weighted by atomic mass is 10.5. The molecular weight excluding hydrogens is 160 g/mol. The molecule has 0 bridgehead atoms. The Bertz CT molecular complexity index is 174. The van der Waals surface area contributed by atoms with Crippen molar-refractivity contribution in [1.82, 2.24) is 0 Å². The van der Waals surface area contributed by atoms with Gasteiger partial charge < -0.3 is 14.6 Å². The fourth-order valence-corrected chi connectivity index (χ4v) is 0.437. The smallest absolute Gasteiger partial charge is 0.373 e. The van der Waals surface area contributed by atoms with Gasteiger partial charge in [-0.1, -0.05) is 12.7 Å². The third-order valence-corrected chi connectivity index (χ3v) is 0.928. The highest BCUT2D eigenvalue weighted by Gasteiger charge is 2.07. The maximum absolute atomic E-state index is 10.8. The van der Waals surface area contributed by atoms with E-state index in [1.807, 2.05) is 0 Å². The largest absolute Gasteiger partial charge is 0.483 e. The summed E-state index contributed by atoms with van der Waals surface area (Å²) in [6, 6.07) is 0. The van der Waals surface area contributed by atoms with Crippen LogP contribution in [0.3, 0.4) is 0 Å². The Labute approximate surface area is 71.1 Å². The van der Waals surface area contributed by atoms with Crippen molar-refractivity contribution >= 4 is 5.97 Å². The van der Waals surface area contributed by atoms with Crippen molar-refractivity contribution in [2.24, 2.45) is 0 Å². The Hall–Kier alpha value is -1.29. The number of hydrogen-bond donors (Lipinski definition) is 1. The second kappa shape index (κ2) is 6.42. The molecule has 0 fully saturated rings. The second-order valence-electron chi connectivity index (χ2n) is 1.88. The van der Waals surface area contributed by atoms with Gasteiger partial charge in [-0.05, 0) is 6.58 Å². The average molecular weight is 172 g/mol. The molecule has 0 aliphatic rings. The lowest BCUT2D eigenvalue weighted by molar-refractivity contribution is -0.143. The molecular formula is C8H12O4. The van der Waals surface area contributed by atoms with Crippen LogP contribution in [0.2, 0.25) is 0 Å². The van der Waals surface area contributed by atoms with Gasteiger partial charge in [-0.15, -0.1) is 0 Å². The van der Waals surface area contributed by atoms with Crippen LogP contribution in [-0.4, -0.2) is 30.9 Å². The van der Waals surface area contributed by atoms with E-state index in [1.165, 1.54) is 6.08 Å². The van der Waals surface area contributed by atoms with Gasteiger partial charge in [0.05, 0.1) is 6.61 Å². The van der Waals surface area contributed by atoms with Crippen LogP contribution in [0, 0.1) is 0 Å². The predicted octanol–water partition coefficient (Wildman–Crippen LogP) is 0.238. The van der Waals surface area contributed by atoms with E-state index in [1.54, 1.807) is 0 Å². The van der Waals surface area contributed by atoms with Crippen molar-refractivity contribution in [1.29, 1.82) is 0 Å². The van der Waals surface area contributed by atoms with E-state index in [-0.39, 0.29) is 25.6 Å². The minimum atomic E-state index is -0.661. The zero-order valence-electron chi connectivity index (χ0n) is 6.78. The van der Waals surface area contributed by atoms with Crippen LogP contribution in [0.5, 0.6) is 0 Å². The highest BCUT2D eigenvalue weighted by atomic mass is 16.6. The molecule has 0 heterocycles. The van der Waals surface area contributed by atoms with Crippen LogP contribution in [0.25, 0.3) is 0 Å². The third-order valence-electron chi connectivity index (χ3n) is 0.928. The van der Waals surface area contributed by atoms with Crippen molar-refractivity contribution in [2.75, 3.05) is 19.8 Å². The Balaban J connectivity index is 3.61. The lowest BCUT2D eigenvalue weighted by Crippen LogP contribution is -2.12. The standard InChI is InChI=1S/C8H12O4/c1-3-5-11-7(2)8(10)12-6-4-9/h3,9H,1-2,4-6H2. The number of carbonyl (C=O) groups is 1. The molecule has 0 aromatic rings. The molecule has 0 saturated heterocycles. The van der Waals surface area contributed by atoms with Crippen molar-refractivity contribution in [3.8, 4) is 0 Å². The van der Waals surface area contributed by atoms with E-state index in [2.05, 4.69) is 17.9 Å². The van der Waals surface area contributed by atoms with E-state index >= 15 is 0 Å². The van der Waals surface area contributed by atoms with Crippen LogP contribution >= 0.6 is 0 Å². The van der Waals surface area contributed by atoms with Crippen molar-refractivity contribution in [2.45, 2.75) is 0 Å². The summed E-state index contributed by atoms with van der Waals surface area (Å²) in [5, 5.41) is 8.31. The first-order valence-electron chi connectivity index (χ1n) is 3.43. The summed E-state index contributed by atoms with van der Waals surface area (Å²) in [5.74, 6) is -0.741. The maximum atomic E-state index is 10.8. The van der Waals surface area contributed by atoms with Gasteiger partial charge in [0.25, 0.3) is 0 Å². The van der Waals surface area contributed by atoms with Crippen LogP contribution in [0.4, 0.5) is 0 Å². The summed E-state index contributed by atoms with van der Waals surface area (Å²) in [6.45, 7) is 6.68. The highest BCUT2D eigenvalue weighted by Crippen LogP contribution is 1.96. The number of aliphatic hydroxyl groups excluding tert-OH is 1. The van der Waals surface area contributed by atoms with Gasteiger partial charge in [-0.2, -0.15) is 0 Å².